The molecule has 25 heavy (non-hydrogen) atoms. The van der Waals surface area contributed by atoms with Gasteiger partial charge in [-0.3, -0.25) is 4.79 Å². The fraction of sp³-hybridized carbons (Fsp3) is 0.500. The van der Waals surface area contributed by atoms with Gasteiger partial charge in [-0.25, -0.2) is 0 Å². The first-order valence-corrected chi connectivity index (χ1v) is 8.16. The van der Waals surface area contributed by atoms with Gasteiger partial charge in [0.25, 0.3) is 0 Å². The van der Waals surface area contributed by atoms with Gasteiger partial charge in [0, 0.05) is 17.7 Å². The molecule has 1 fully saturated rings. The van der Waals surface area contributed by atoms with E-state index >= 15 is 0 Å². The molecule has 7 heteroatoms. The molecule has 2 N–H and O–H groups in total. The van der Waals surface area contributed by atoms with Crippen molar-refractivity contribution in [3.05, 3.63) is 28.7 Å². The van der Waals surface area contributed by atoms with Gasteiger partial charge in [-0.2, -0.15) is 0 Å². The molecule has 0 aliphatic carbocycles. The van der Waals surface area contributed by atoms with Crippen LogP contribution >= 0.6 is 0 Å². The lowest BCUT2D eigenvalue weighted by Gasteiger charge is -2.32. The summed E-state index contributed by atoms with van der Waals surface area (Å²) in [6.07, 6.45) is 2.59. The van der Waals surface area contributed by atoms with Crippen molar-refractivity contribution >= 4 is 19.5 Å². The van der Waals surface area contributed by atoms with E-state index in [1.165, 1.54) is 7.11 Å². The molecule has 1 aromatic carbocycles. The summed E-state index contributed by atoms with van der Waals surface area (Å²) in [7, 11) is 2.51. The van der Waals surface area contributed by atoms with Crippen molar-refractivity contribution in [2.45, 2.75) is 38.9 Å². The summed E-state index contributed by atoms with van der Waals surface area (Å²) in [6, 6.07) is 3.34. The summed E-state index contributed by atoms with van der Waals surface area (Å²) >= 11 is 0. The summed E-state index contributed by atoms with van der Waals surface area (Å²) in [5.74, 6) is 0.999. The van der Waals surface area contributed by atoms with Crippen LogP contribution in [0.4, 0.5) is 0 Å². The van der Waals surface area contributed by atoms with Gasteiger partial charge in [0.05, 0.1) is 25.4 Å². The lowest BCUT2D eigenvalue weighted by Crippen LogP contribution is -2.41. The highest BCUT2D eigenvalue weighted by atomic mass is 16.7. The topological polar surface area (TPSA) is 80.0 Å². The number of nitrogens with two attached hydrogens (primary N) is 1. The Balaban J connectivity index is 2.48. The highest BCUT2D eigenvalue weighted by Gasteiger charge is 2.52. The van der Waals surface area contributed by atoms with E-state index in [-0.39, 0.29) is 6.54 Å². The lowest BCUT2D eigenvalue weighted by atomic mass is 9.77. The maximum Gasteiger partial charge on any atom is 0.491 e. The zero-order chi connectivity index (χ0) is 18.8. The monoisotopic (exact) mass is 347 g/mol. The van der Waals surface area contributed by atoms with Crippen molar-refractivity contribution in [2.24, 2.45) is 5.73 Å². The molecule has 2 rings (SSSR count). The van der Waals surface area contributed by atoms with Crippen molar-refractivity contribution in [2.75, 3.05) is 20.8 Å². The Kier molecular flexibility index (Phi) is 5.61. The molecule has 0 atom stereocenters. The highest BCUT2D eigenvalue weighted by molar-refractivity contribution is 6.56. The molecule has 0 bridgehead atoms. The third-order valence-corrected chi connectivity index (χ3v) is 4.80. The average Bonchev–Trinajstić information content (AvgIpc) is 2.79. The molecule has 0 amide bonds. The van der Waals surface area contributed by atoms with Gasteiger partial charge in [-0.1, -0.05) is 6.08 Å². The number of hydrogen-bond donors (Lipinski definition) is 1. The second-order valence-electron chi connectivity index (χ2n) is 6.98. The van der Waals surface area contributed by atoms with E-state index in [4.69, 9.17) is 24.5 Å². The number of aldehydes is 1. The predicted molar refractivity (Wildman–Crippen MR) is 98.0 cm³/mol. The van der Waals surface area contributed by atoms with E-state index in [2.05, 4.69) is 0 Å². The molecule has 0 aromatic heterocycles. The standard InChI is InChI=1S/C18H26BNO5/c1-17(2)18(3,4)25-19(24-17)14(10-20)9-13-7-12(11-21)8-15(22-5)16(13)23-6/h7-9,11H,10,20H2,1-6H3. The van der Waals surface area contributed by atoms with Crippen LogP contribution in [0.1, 0.15) is 43.6 Å². The molecule has 1 saturated heterocycles. The molecule has 0 radical (unpaired) electrons. The SMILES string of the molecule is COc1cc(C=O)cc(C=C(CN)B2OC(C)(C)C(C)(C)O2)c1OC. The number of ether oxygens (including phenoxy) is 2. The van der Waals surface area contributed by atoms with Crippen molar-refractivity contribution in [1.29, 1.82) is 0 Å². The molecule has 1 aliphatic rings. The fourth-order valence-corrected chi connectivity index (χ4v) is 2.61. The quantitative estimate of drug-likeness (QED) is 0.629. The first-order chi connectivity index (χ1) is 11.7. The third kappa shape index (κ3) is 3.73. The van der Waals surface area contributed by atoms with Crippen LogP contribution in [0.5, 0.6) is 11.5 Å². The zero-order valence-corrected chi connectivity index (χ0v) is 15.7. The van der Waals surface area contributed by atoms with Crippen molar-refractivity contribution in [1.82, 2.24) is 0 Å². The zero-order valence-electron chi connectivity index (χ0n) is 15.7. The van der Waals surface area contributed by atoms with E-state index in [1.807, 2.05) is 33.8 Å². The minimum atomic E-state index is -0.564. The first-order valence-electron chi connectivity index (χ1n) is 8.16. The third-order valence-electron chi connectivity index (χ3n) is 4.80. The van der Waals surface area contributed by atoms with Gasteiger partial charge in [-0.15, -0.1) is 0 Å². The highest BCUT2D eigenvalue weighted by Crippen LogP contribution is 2.40. The minimum Gasteiger partial charge on any atom is -0.493 e. The average molecular weight is 347 g/mol. The number of methoxy groups -OCH3 is 2. The van der Waals surface area contributed by atoms with Crippen LogP contribution in [0.2, 0.25) is 0 Å². The van der Waals surface area contributed by atoms with Crippen LogP contribution in [0.3, 0.4) is 0 Å². The molecule has 1 aromatic rings. The molecular formula is C18H26BNO5. The van der Waals surface area contributed by atoms with Crippen LogP contribution in [-0.2, 0) is 9.31 Å². The summed E-state index contributed by atoms with van der Waals surface area (Å²) < 4.78 is 22.9. The minimum absolute atomic E-state index is 0.244. The van der Waals surface area contributed by atoms with E-state index in [1.54, 1.807) is 19.2 Å². The smallest absolute Gasteiger partial charge is 0.491 e. The Bertz CT molecular complexity index is 668. The number of rotatable bonds is 6. The van der Waals surface area contributed by atoms with Crippen molar-refractivity contribution in [3.8, 4) is 11.5 Å². The van der Waals surface area contributed by atoms with Crippen LogP contribution in [0, 0.1) is 0 Å². The Morgan fingerprint density at radius 3 is 2.20 bits per heavy atom. The van der Waals surface area contributed by atoms with Gasteiger partial charge in [-0.05, 0) is 45.3 Å². The number of carbonyl (C=O) groups is 1. The van der Waals surface area contributed by atoms with Gasteiger partial charge >= 0.3 is 7.12 Å². The summed E-state index contributed by atoms with van der Waals surface area (Å²) in [4.78, 5) is 11.2. The maximum atomic E-state index is 11.2. The summed E-state index contributed by atoms with van der Waals surface area (Å²) in [5, 5.41) is 0. The Morgan fingerprint density at radius 1 is 1.16 bits per heavy atom. The van der Waals surface area contributed by atoms with Gasteiger partial charge < -0.3 is 24.5 Å². The Morgan fingerprint density at radius 2 is 1.76 bits per heavy atom. The second kappa shape index (κ2) is 7.19. The number of benzene rings is 1. The molecule has 1 aliphatic heterocycles. The van der Waals surface area contributed by atoms with Crippen molar-refractivity contribution in [3.63, 3.8) is 0 Å². The second-order valence-corrected chi connectivity index (χ2v) is 6.98. The summed E-state index contributed by atoms with van der Waals surface area (Å²) in [6.45, 7) is 8.18. The molecular weight excluding hydrogens is 321 g/mol. The number of hydrogen-bond acceptors (Lipinski definition) is 6. The van der Waals surface area contributed by atoms with E-state index in [0.717, 1.165) is 11.8 Å². The van der Waals surface area contributed by atoms with Gasteiger partial charge in [0.15, 0.2) is 11.5 Å². The molecule has 0 unspecified atom stereocenters. The van der Waals surface area contributed by atoms with Crippen LogP contribution < -0.4 is 15.2 Å². The Labute approximate surface area is 149 Å². The Hall–Kier alpha value is -1.83. The van der Waals surface area contributed by atoms with Crippen LogP contribution in [0.25, 0.3) is 6.08 Å². The van der Waals surface area contributed by atoms with E-state index < -0.39 is 18.3 Å². The molecule has 6 nitrogen and oxygen atoms in total. The van der Waals surface area contributed by atoms with Crippen LogP contribution in [-0.4, -0.2) is 45.4 Å². The maximum absolute atomic E-state index is 11.2. The summed E-state index contributed by atoms with van der Waals surface area (Å²) in [5.41, 5.74) is 6.93. The molecule has 0 saturated carbocycles. The van der Waals surface area contributed by atoms with Crippen molar-refractivity contribution < 1.29 is 23.6 Å². The van der Waals surface area contributed by atoms with Gasteiger partial charge in [0.2, 0.25) is 0 Å². The number of carbonyl (C=O) groups excluding carboxylic acids is 1. The molecule has 1 heterocycles. The first kappa shape index (κ1) is 19.5. The lowest BCUT2D eigenvalue weighted by molar-refractivity contribution is 0.00578. The predicted octanol–water partition coefficient (Wildman–Crippen LogP) is 2.49. The normalized spacial score (nSPS) is 19.0. The van der Waals surface area contributed by atoms with Crippen LogP contribution in [0.15, 0.2) is 17.6 Å². The van der Waals surface area contributed by atoms with E-state index in [0.29, 0.717) is 22.6 Å². The molecule has 0 spiro atoms. The van der Waals surface area contributed by atoms with E-state index in [9.17, 15) is 4.79 Å². The molecule has 136 valence electrons. The largest absolute Gasteiger partial charge is 0.493 e. The fourth-order valence-electron chi connectivity index (χ4n) is 2.61. The van der Waals surface area contributed by atoms with Gasteiger partial charge in [0.1, 0.15) is 6.29 Å².